The maximum absolute atomic E-state index is 12.7. The lowest BCUT2D eigenvalue weighted by Gasteiger charge is -2.32. The third-order valence-corrected chi connectivity index (χ3v) is 5.32. The Labute approximate surface area is 160 Å². The minimum absolute atomic E-state index is 0.0104. The van der Waals surface area contributed by atoms with Gasteiger partial charge in [-0.2, -0.15) is 0 Å². The van der Waals surface area contributed by atoms with Crippen molar-refractivity contribution in [1.82, 2.24) is 0 Å². The van der Waals surface area contributed by atoms with Crippen molar-refractivity contribution >= 4 is 23.2 Å². The van der Waals surface area contributed by atoms with Crippen LogP contribution in [0, 0.1) is 5.92 Å². The number of piperidine rings is 1. The van der Waals surface area contributed by atoms with Crippen molar-refractivity contribution in [2.75, 3.05) is 23.3 Å². The maximum atomic E-state index is 12.7. The minimum atomic E-state index is -0.198. The van der Waals surface area contributed by atoms with Crippen LogP contribution in [0.2, 0.25) is 0 Å². The summed E-state index contributed by atoms with van der Waals surface area (Å²) in [5.41, 5.74) is 8.33. The molecule has 2 amide bonds. The van der Waals surface area contributed by atoms with Crippen LogP contribution >= 0.6 is 0 Å². The Hall–Kier alpha value is -2.82. The highest BCUT2D eigenvalue weighted by Crippen LogP contribution is 2.26. The monoisotopic (exact) mass is 365 g/mol. The number of benzene rings is 2. The van der Waals surface area contributed by atoms with E-state index in [1.54, 1.807) is 0 Å². The van der Waals surface area contributed by atoms with Gasteiger partial charge < -0.3 is 16.0 Å². The van der Waals surface area contributed by atoms with Crippen LogP contribution in [0.4, 0.5) is 11.4 Å². The molecule has 3 rings (SSSR count). The number of nitrogens with one attached hydrogen (secondary N) is 1. The summed E-state index contributed by atoms with van der Waals surface area (Å²) in [7, 11) is 0. The zero-order valence-electron chi connectivity index (χ0n) is 15.7. The molecule has 0 aliphatic carbocycles. The minimum Gasteiger partial charge on any atom is -0.371 e. The Morgan fingerprint density at radius 2 is 1.70 bits per heavy atom. The standard InChI is InChI=1S/C22H27N3O2/c1-2-20(16-6-4-3-5-7-16)22(27)24-18-8-10-19(11-9-18)25-14-12-17(13-15-25)21(23)26/h3-11,17,20H,2,12-15H2,1H3,(H2,23,26)(H,24,27). The average Bonchev–Trinajstić information content (AvgIpc) is 2.70. The van der Waals surface area contributed by atoms with E-state index in [9.17, 15) is 9.59 Å². The Balaban J connectivity index is 1.60. The molecule has 0 bridgehead atoms. The molecule has 2 aromatic rings. The van der Waals surface area contributed by atoms with E-state index in [-0.39, 0.29) is 23.7 Å². The Bertz CT molecular complexity index is 766. The van der Waals surface area contributed by atoms with E-state index in [1.165, 1.54) is 0 Å². The summed E-state index contributed by atoms with van der Waals surface area (Å²) in [5, 5.41) is 3.02. The van der Waals surface area contributed by atoms with Crippen molar-refractivity contribution in [3.8, 4) is 0 Å². The Morgan fingerprint density at radius 1 is 1.07 bits per heavy atom. The normalized spacial score (nSPS) is 16.0. The number of nitrogens with zero attached hydrogens (tertiary/aromatic N) is 1. The lowest BCUT2D eigenvalue weighted by molar-refractivity contribution is -0.122. The number of carbonyl (C=O) groups is 2. The molecule has 1 aliphatic rings. The van der Waals surface area contributed by atoms with Gasteiger partial charge in [-0.15, -0.1) is 0 Å². The number of hydrogen-bond acceptors (Lipinski definition) is 3. The van der Waals surface area contributed by atoms with Gasteiger partial charge in [0.25, 0.3) is 0 Å². The lowest BCUT2D eigenvalue weighted by atomic mass is 9.95. The molecule has 3 N–H and O–H groups in total. The third-order valence-electron chi connectivity index (χ3n) is 5.32. The lowest BCUT2D eigenvalue weighted by Crippen LogP contribution is -2.38. The highest BCUT2D eigenvalue weighted by Gasteiger charge is 2.23. The predicted octanol–water partition coefficient (Wildman–Crippen LogP) is 3.52. The molecule has 0 saturated carbocycles. The smallest absolute Gasteiger partial charge is 0.231 e. The molecular formula is C22H27N3O2. The van der Waals surface area contributed by atoms with Crippen LogP contribution in [0.15, 0.2) is 54.6 Å². The van der Waals surface area contributed by atoms with Crippen molar-refractivity contribution in [2.24, 2.45) is 11.7 Å². The topological polar surface area (TPSA) is 75.4 Å². The van der Waals surface area contributed by atoms with E-state index in [1.807, 2.05) is 61.5 Å². The van der Waals surface area contributed by atoms with Gasteiger partial charge in [0.05, 0.1) is 5.92 Å². The summed E-state index contributed by atoms with van der Waals surface area (Å²) in [6.45, 7) is 3.67. The fourth-order valence-electron chi connectivity index (χ4n) is 3.66. The van der Waals surface area contributed by atoms with E-state index < -0.39 is 0 Å². The molecule has 1 fully saturated rings. The van der Waals surface area contributed by atoms with Gasteiger partial charge in [-0.1, -0.05) is 37.3 Å². The summed E-state index contributed by atoms with van der Waals surface area (Å²) < 4.78 is 0. The third kappa shape index (κ3) is 4.67. The molecule has 1 aliphatic heterocycles. The number of rotatable bonds is 6. The van der Waals surface area contributed by atoms with Crippen LogP contribution in [0.1, 0.15) is 37.7 Å². The molecule has 0 spiro atoms. The maximum Gasteiger partial charge on any atom is 0.231 e. The first kappa shape index (κ1) is 19.0. The van der Waals surface area contributed by atoms with Gasteiger partial charge in [0.15, 0.2) is 0 Å². The number of hydrogen-bond donors (Lipinski definition) is 2. The van der Waals surface area contributed by atoms with Crippen LogP contribution in [-0.2, 0) is 9.59 Å². The van der Waals surface area contributed by atoms with Gasteiger partial charge in [-0.25, -0.2) is 0 Å². The van der Waals surface area contributed by atoms with Gasteiger partial charge in [-0.3, -0.25) is 9.59 Å². The van der Waals surface area contributed by atoms with Gasteiger partial charge in [0.1, 0.15) is 0 Å². The van der Waals surface area contributed by atoms with Crippen molar-refractivity contribution in [2.45, 2.75) is 32.1 Å². The molecule has 5 heteroatoms. The number of carbonyl (C=O) groups excluding carboxylic acids is 2. The molecule has 142 valence electrons. The van der Waals surface area contributed by atoms with Crippen LogP contribution in [0.25, 0.3) is 0 Å². The number of amides is 2. The zero-order chi connectivity index (χ0) is 19.2. The van der Waals surface area contributed by atoms with Crippen molar-refractivity contribution in [1.29, 1.82) is 0 Å². The van der Waals surface area contributed by atoms with Crippen molar-refractivity contribution in [3.63, 3.8) is 0 Å². The SMILES string of the molecule is CCC(C(=O)Nc1ccc(N2CCC(C(N)=O)CC2)cc1)c1ccccc1. The van der Waals surface area contributed by atoms with Gasteiger partial charge >= 0.3 is 0 Å². The second-order valence-corrected chi connectivity index (χ2v) is 7.07. The Kier molecular flexibility index (Phi) is 6.12. The van der Waals surface area contributed by atoms with Gasteiger partial charge in [0.2, 0.25) is 11.8 Å². The summed E-state index contributed by atoms with van der Waals surface area (Å²) >= 11 is 0. The molecule has 0 aromatic heterocycles. The van der Waals surface area contributed by atoms with Gasteiger partial charge in [0, 0.05) is 30.4 Å². The van der Waals surface area contributed by atoms with Crippen LogP contribution < -0.4 is 16.0 Å². The van der Waals surface area contributed by atoms with Crippen LogP contribution in [0.3, 0.4) is 0 Å². The van der Waals surface area contributed by atoms with Crippen LogP contribution in [0.5, 0.6) is 0 Å². The summed E-state index contributed by atoms with van der Waals surface area (Å²) in [5.74, 6) is -0.349. The largest absolute Gasteiger partial charge is 0.371 e. The first-order chi connectivity index (χ1) is 13.1. The molecule has 27 heavy (non-hydrogen) atoms. The van der Waals surface area contributed by atoms with E-state index in [0.717, 1.165) is 49.3 Å². The van der Waals surface area contributed by atoms with Crippen molar-refractivity contribution < 1.29 is 9.59 Å². The van der Waals surface area contributed by atoms with E-state index in [2.05, 4.69) is 10.2 Å². The number of primary amides is 1. The molecule has 1 unspecified atom stereocenters. The molecule has 5 nitrogen and oxygen atoms in total. The van der Waals surface area contributed by atoms with E-state index in [4.69, 9.17) is 5.73 Å². The predicted molar refractivity (Wildman–Crippen MR) is 109 cm³/mol. The van der Waals surface area contributed by atoms with E-state index >= 15 is 0 Å². The summed E-state index contributed by atoms with van der Waals surface area (Å²) in [6.07, 6.45) is 2.34. The van der Waals surface area contributed by atoms with E-state index in [0.29, 0.717) is 0 Å². The second kappa shape index (κ2) is 8.71. The summed E-state index contributed by atoms with van der Waals surface area (Å²) in [6, 6.07) is 17.8. The molecule has 1 saturated heterocycles. The van der Waals surface area contributed by atoms with Crippen molar-refractivity contribution in [3.05, 3.63) is 60.2 Å². The summed E-state index contributed by atoms with van der Waals surface area (Å²) in [4.78, 5) is 26.2. The first-order valence-corrected chi connectivity index (χ1v) is 9.58. The molecular weight excluding hydrogens is 338 g/mol. The molecule has 1 heterocycles. The average molecular weight is 365 g/mol. The molecule has 1 atom stereocenters. The van der Waals surface area contributed by atoms with Crippen LogP contribution in [-0.4, -0.2) is 24.9 Å². The highest BCUT2D eigenvalue weighted by atomic mass is 16.2. The highest BCUT2D eigenvalue weighted by molar-refractivity contribution is 5.96. The second-order valence-electron chi connectivity index (χ2n) is 7.07. The number of nitrogens with two attached hydrogens (primary N) is 1. The Morgan fingerprint density at radius 3 is 2.26 bits per heavy atom. The van der Waals surface area contributed by atoms with Gasteiger partial charge in [-0.05, 0) is 49.1 Å². The number of anilines is 2. The molecule has 2 aromatic carbocycles. The fourth-order valence-corrected chi connectivity index (χ4v) is 3.66. The zero-order valence-corrected chi connectivity index (χ0v) is 15.7. The fraction of sp³-hybridized carbons (Fsp3) is 0.364. The quantitative estimate of drug-likeness (QED) is 0.822. The molecule has 0 radical (unpaired) electrons. The first-order valence-electron chi connectivity index (χ1n) is 9.58.